The third-order valence-electron chi connectivity index (χ3n) is 3.00. The van der Waals surface area contributed by atoms with Gasteiger partial charge >= 0.3 is 16.1 Å². The molecule has 0 saturated carbocycles. The van der Waals surface area contributed by atoms with Gasteiger partial charge in [0.05, 0.1) is 12.2 Å². The van der Waals surface area contributed by atoms with E-state index in [2.05, 4.69) is 0 Å². The van der Waals surface area contributed by atoms with Crippen molar-refractivity contribution in [1.29, 1.82) is 0 Å². The predicted molar refractivity (Wildman–Crippen MR) is 83.6 cm³/mol. The molecule has 0 bridgehead atoms. The quantitative estimate of drug-likeness (QED) is 0.816. The Morgan fingerprint density at radius 3 is 2.30 bits per heavy atom. The summed E-state index contributed by atoms with van der Waals surface area (Å²) in [6.07, 6.45) is 0. The van der Waals surface area contributed by atoms with E-state index in [-0.39, 0.29) is 28.6 Å². The summed E-state index contributed by atoms with van der Waals surface area (Å²) in [4.78, 5) is 11.0. The Labute approximate surface area is 134 Å². The second-order valence-electron chi connectivity index (χ2n) is 4.75. The van der Waals surface area contributed by atoms with Crippen molar-refractivity contribution in [3.05, 3.63) is 53.6 Å². The second kappa shape index (κ2) is 6.70. The summed E-state index contributed by atoms with van der Waals surface area (Å²) in [5, 5.41) is 8.99. The molecule has 2 aromatic rings. The Morgan fingerprint density at radius 1 is 1.09 bits per heavy atom. The highest BCUT2D eigenvalue weighted by Gasteiger charge is 2.20. The summed E-state index contributed by atoms with van der Waals surface area (Å²) >= 11 is 0. The average Bonchev–Trinajstić information content (AvgIpc) is 2.49. The summed E-state index contributed by atoms with van der Waals surface area (Å²) in [5.41, 5.74) is 0.901. The van der Waals surface area contributed by atoms with Gasteiger partial charge in [-0.15, -0.1) is 0 Å². The molecule has 0 aliphatic heterocycles. The average molecular weight is 336 g/mol. The summed E-state index contributed by atoms with van der Waals surface area (Å²) in [6, 6.07) is 9.95. The van der Waals surface area contributed by atoms with Crippen molar-refractivity contribution in [3.8, 4) is 11.5 Å². The fourth-order valence-corrected chi connectivity index (χ4v) is 2.79. The molecule has 1 N–H and O–H groups in total. The third kappa shape index (κ3) is 4.01. The molecule has 0 spiro atoms. The normalized spacial score (nSPS) is 11.0. The van der Waals surface area contributed by atoms with Crippen LogP contribution >= 0.6 is 0 Å². The lowest BCUT2D eigenvalue weighted by Gasteiger charge is -2.12. The first-order valence-electron chi connectivity index (χ1n) is 6.85. The number of carbonyl (C=O) groups is 1. The zero-order valence-electron chi connectivity index (χ0n) is 12.6. The van der Waals surface area contributed by atoms with E-state index in [9.17, 15) is 13.2 Å². The van der Waals surface area contributed by atoms with Gasteiger partial charge in [0.2, 0.25) is 0 Å². The highest BCUT2D eigenvalue weighted by molar-refractivity contribution is 7.87. The molecule has 0 aliphatic carbocycles. The van der Waals surface area contributed by atoms with E-state index in [1.807, 2.05) is 6.92 Å². The van der Waals surface area contributed by atoms with E-state index in [1.165, 1.54) is 30.3 Å². The maximum Gasteiger partial charge on any atom is 0.339 e. The molecule has 23 heavy (non-hydrogen) atoms. The zero-order chi connectivity index (χ0) is 17.0. The van der Waals surface area contributed by atoms with Crippen LogP contribution in [0.4, 0.5) is 0 Å². The molecule has 2 rings (SSSR count). The van der Waals surface area contributed by atoms with Crippen molar-refractivity contribution in [1.82, 2.24) is 0 Å². The zero-order valence-corrected chi connectivity index (χ0v) is 13.5. The van der Waals surface area contributed by atoms with E-state index in [0.29, 0.717) is 0 Å². The van der Waals surface area contributed by atoms with Crippen LogP contribution in [0.3, 0.4) is 0 Å². The second-order valence-corrected chi connectivity index (χ2v) is 6.30. The number of ether oxygens (including phenoxy) is 1. The molecule has 7 heteroatoms. The maximum atomic E-state index is 12.3. The fraction of sp³-hybridized carbons (Fsp3) is 0.188. The smallest absolute Gasteiger partial charge is 0.339 e. The molecular formula is C16H16O6S. The lowest BCUT2D eigenvalue weighted by atomic mass is 10.2. The van der Waals surface area contributed by atoms with Crippen LogP contribution in [0.15, 0.2) is 47.4 Å². The van der Waals surface area contributed by atoms with Crippen LogP contribution < -0.4 is 8.92 Å². The summed E-state index contributed by atoms with van der Waals surface area (Å²) in [5.74, 6) is -1.14. The van der Waals surface area contributed by atoms with E-state index >= 15 is 0 Å². The lowest BCUT2D eigenvalue weighted by Crippen LogP contribution is -2.11. The Morgan fingerprint density at radius 2 is 1.74 bits per heavy atom. The van der Waals surface area contributed by atoms with Gasteiger partial charge in [-0.1, -0.05) is 17.7 Å². The predicted octanol–water partition coefficient (Wildman–Crippen LogP) is 2.86. The minimum Gasteiger partial charge on any atom is -0.490 e. The number of aryl methyl sites for hydroxylation is 1. The van der Waals surface area contributed by atoms with Crippen LogP contribution in [0.1, 0.15) is 22.8 Å². The first-order chi connectivity index (χ1) is 10.8. The Bertz CT molecular complexity index is 809. The summed E-state index contributed by atoms with van der Waals surface area (Å²) in [6.45, 7) is 3.78. The van der Waals surface area contributed by atoms with Gasteiger partial charge in [-0.3, -0.25) is 0 Å². The number of rotatable bonds is 6. The van der Waals surface area contributed by atoms with Crippen LogP contribution in [0.25, 0.3) is 0 Å². The Kier molecular flexibility index (Phi) is 4.90. The molecule has 0 aromatic heterocycles. The van der Waals surface area contributed by atoms with E-state index < -0.39 is 16.1 Å². The van der Waals surface area contributed by atoms with Gasteiger partial charge < -0.3 is 14.0 Å². The fourth-order valence-electron chi connectivity index (χ4n) is 1.85. The van der Waals surface area contributed by atoms with Crippen molar-refractivity contribution in [2.24, 2.45) is 0 Å². The van der Waals surface area contributed by atoms with E-state index in [1.54, 1.807) is 19.1 Å². The first-order valence-corrected chi connectivity index (χ1v) is 8.25. The van der Waals surface area contributed by atoms with Crippen LogP contribution in [-0.4, -0.2) is 26.1 Å². The number of carboxylic acids is 1. The molecule has 0 radical (unpaired) electrons. The molecule has 0 atom stereocenters. The molecule has 0 aliphatic rings. The molecule has 0 unspecified atom stereocenters. The van der Waals surface area contributed by atoms with Gasteiger partial charge in [0, 0.05) is 0 Å². The summed E-state index contributed by atoms with van der Waals surface area (Å²) in [7, 11) is -4.03. The van der Waals surface area contributed by atoms with Crippen molar-refractivity contribution >= 4 is 16.1 Å². The molecule has 2 aromatic carbocycles. The molecule has 122 valence electrons. The van der Waals surface area contributed by atoms with Crippen molar-refractivity contribution in [3.63, 3.8) is 0 Å². The van der Waals surface area contributed by atoms with Crippen LogP contribution in [0.5, 0.6) is 11.5 Å². The standard InChI is InChI=1S/C16H16O6S/c1-3-21-15-10-12(16(17)18)6-9-14(15)22-23(19,20)13-7-4-11(2)5-8-13/h4-10H,3H2,1-2H3,(H,17,18). The van der Waals surface area contributed by atoms with Gasteiger partial charge in [-0.2, -0.15) is 8.42 Å². The topological polar surface area (TPSA) is 89.9 Å². The molecule has 0 heterocycles. The number of hydrogen-bond acceptors (Lipinski definition) is 5. The van der Waals surface area contributed by atoms with Crippen LogP contribution in [0, 0.1) is 6.92 Å². The minimum atomic E-state index is -4.03. The number of carboxylic acid groups (broad SMARTS) is 1. The third-order valence-corrected chi connectivity index (χ3v) is 4.25. The highest BCUT2D eigenvalue weighted by atomic mass is 32.2. The monoisotopic (exact) mass is 336 g/mol. The first kappa shape index (κ1) is 16.8. The Hall–Kier alpha value is -2.54. The van der Waals surface area contributed by atoms with Crippen LogP contribution in [0.2, 0.25) is 0 Å². The molecule has 0 saturated heterocycles. The van der Waals surface area contributed by atoms with Gasteiger partial charge in [0.1, 0.15) is 4.90 Å². The van der Waals surface area contributed by atoms with Gasteiger partial charge in [0.25, 0.3) is 0 Å². The van der Waals surface area contributed by atoms with Crippen molar-refractivity contribution in [2.75, 3.05) is 6.61 Å². The maximum absolute atomic E-state index is 12.3. The van der Waals surface area contributed by atoms with E-state index in [4.69, 9.17) is 14.0 Å². The molecule has 0 amide bonds. The largest absolute Gasteiger partial charge is 0.490 e. The van der Waals surface area contributed by atoms with Crippen molar-refractivity contribution in [2.45, 2.75) is 18.7 Å². The Balaban J connectivity index is 2.38. The minimum absolute atomic E-state index is 0.00728. The molecule has 0 fully saturated rings. The van der Waals surface area contributed by atoms with Gasteiger partial charge in [-0.05, 0) is 44.2 Å². The van der Waals surface area contributed by atoms with E-state index in [0.717, 1.165) is 5.56 Å². The number of aromatic carboxylic acids is 1. The number of benzene rings is 2. The molecule has 6 nitrogen and oxygen atoms in total. The van der Waals surface area contributed by atoms with Crippen molar-refractivity contribution < 1.29 is 27.2 Å². The number of hydrogen-bond donors (Lipinski definition) is 1. The lowest BCUT2D eigenvalue weighted by molar-refractivity contribution is 0.0696. The van der Waals surface area contributed by atoms with Crippen LogP contribution in [-0.2, 0) is 10.1 Å². The summed E-state index contributed by atoms with van der Waals surface area (Å²) < 4.78 is 35.0. The molecular weight excluding hydrogens is 320 g/mol. The highest BCUT2D eigenvalue weighted by Crippen LogP contribution is 2.31. The van der Waals surface area contributed by atoms with Gasteiger partial charge in [-0.25, -0.2) is 4.79 Å². The van der Waals surface area contributed by atoms with Gasteiger partial charge in [0.15, 0.2) is 11.5 Å². The SMILES string of the molecule is CCOc1cc(C(=O)O)ccc1OS(=O)(=O)c1ccc(C)cc1.